The van der Waals surface area contributed by atoms with E-state index in [2.05, 4.69) is 80.0 Å². The first-order valence-electron chi connectivity index (χ1n) is 11.6. The van der Waals surface area contributed by atoms with E-state index in [0.717, 1.165) is 42.3 Å². The molecule has 178 valence electrons. The van der Waals surface area contributed by atoms with Gasteiger partial charge in [-0.15, -0.1) is 0 Å². The number of benzene rings is 1. The van der Waals surface area contributed by atoms with Crippen LogP contribution >= 0.6 is 0 Å². The third kappa shape index (κ3) is 4.23. The summed E-state index contributed by atoms with van der Waals surface area (Å²) in [7, 11) is 5.76. The van der Waals surface area contributed by atoms with Crippen molar-refractivity contribution >= 4 is 34.3 Å². The second-order valence-electron chi connectivity index (χ2n) is 9.36. The molecule has 0 saturated heterocycles. The van der Waals surface area contributed by atoms with Crippen LogP contribution in [0.3, 0.4) is 0 Å². The number of rotatable bonds is 8. The third-order valence-corrected chi connectivity index (χ3v) is 6.87. The minimum atomic E-state index is -0.540. The van der Waals surface area contributed by atoms with Crippen LogP contribution in [0.25, 0.3) is 10.9 Å². The highest BCUT2D eigenvalue weighted by atomic mass is 19.1. The van der Waals surface area contributed by atoms with Crippen LogP contribution in [0.5, 0.6) is 0 Å². The van der Waals surface area contributed by atoms with E-state index in [1.165, 1.54) is 0 Å². The smallest absolute Gasteiger partial charge is 0.229 e. The molecule has 1 saturated carbocycles. The lowest BCUT2D eigenvalue weighted by atomic mass is 9.88. The van der Waals surface area contributed by atoms with Gasteiger partial charge in [-0.3, -0.25) is 4.79 Å². The van der Waals surface area contributed by atoms with Crippen LogP contribution in [0.4, 0.5) is 21.8 Å². The van der Waals surface area contributed by atoms with E-state index in [1.807, 2.05) is 12.1 Å². The first-order chi connectivity index (χ1) is 16.4. The number of carbonyl (C=O) groups excluding carboxylic acids is 1. The van der Waals surface area contributed by atoms with E-state index in [4.69, 9.17) is 0 Å². The van der Waals surface area contributed by atoms with Crippen LogP contribution in [0.2, 0.25) is 0 Å². The number of nitrogens with one attached hydrogen (secondary N) is 3. The van der Waals surface area contributed by atoms with E-state index in [0.29, 0.717) is 5.95 Å². The van der Waals surface area contributed by atoms with E-state index < -0.39 is 5.82 Å². The molecule has 1 amide bonds. The Morgan fingerprint density at radius 2 is 2.06 bits per heavy atom. The highest BCUT2D eigenvalue weighted by Crippen LogP contribution is 2.45. The Bertz CT molecular complexity index is 1240. The molecule has 3 aromatic rings. The maximum absolute atomic E-state index is 14.6. The van der Waals surface area contributed by atoms with Crippen LogP contribution < -0.4 is 16.0 Å². The van der Waals surface area contributed by atoms with Gasteiger partial charge in [-0.05, 0) is 56.6 Å². The van der Waals surface area contributed by atoms with Gasteiger partial charge in [0.25, 0.3) is 0 Å². The number of carbonyl (C=O) groups is 1. The highest BCUT2D eigenvalue weighted by molar-refractivity contribution is 5.84. The molecule has 2 aliphatic carbocycles. The number of likely N-dealkylation sites (N-methyl/N-ethyl adjacent to an activating group) is 1. The third-order valence-electron chi connectivity index (χ3n) is 6.87. The number of hydrogen-bond acceptors (Lipinski definition) is 6. The van der Waals surface area contributed by atoms with Crippen molar-refractivity contribution in [3.8, 4) is 0 Å². The molecule has 1 aromatic carbocycles. The molecule has 1 fully saturated rings. The van der Waals surface area contributed by atoms with Gasteiger partial charge in [-0.2, -0.15) is 4.98 Å². The lowest BCUT2D eigenvalue weighted by Gasteiger charge is -2.28. The maximum Gasteiger partial charge on any atom is 0.229 e. The number of aromatic nitrogens is 3. The van der Waals surface area contributed by atoms with Gasteiger partial charge < -0.3 is 25.4 Å². The lowest BCUT2D eigenvalue weighted by molar-refractivity contribution is -0.125. The summed E-state index contributed by atoms with van der Waals surface area (Å²) in [6.07, 6.45) is 8.34. The summed E-state index contributed by atoms with van der Waals surface area (Å²) in [5.41, 5.74) is 1.97. The van der Waals surface area contributed by atoms with Gasteiger partial charge in [0.1, 0.15) is 0 Å². The number of hydrogen-bond donors (Lipinski definition) is 3. The van der Waals surface area contributed by atoms with Gasteiger partial charge in [0.05, 0.1) is 12.1 Å². The molecule has 4 atom stereocenters. The SMILES string of the molecule is CNC(=O)C1C2C=CC(C2)C1Nc1nc(Nc2ccc3c(ccn3CCN(C)C)c2)ncc1F. The molecule has 0 spiro atoms. The standard InChI is InChI=1S/C25H30FN7O/c1-27-24(34)21-16-4-5-17(12-16)22(21)30-23-19(26)14-28-25(31-23)29-18-6-7-20-15(13-18)8-9-33(20)11-10-32(2)3/h4-9,13-14,16-17,21-22H,10-12H2,1-3H3,(H,27,34)(H2,28,29,30,31). The molecule has 2 aromatic heterocycles. The van der Waals surface area contributed by atoms with E-state index >= 15 is 0 Å². The monoisotopic (exact) mass is 463 g/mol. The molecule has 5 rings (SSSR count). The lowest BCUT2D eigenvalue weighted by Crippen LogP contribution is -2.42. The molecular formula is C25H30FN7O. The van der Waals surface area contributed by atoms with Crippen molar-refractivity contribution in [1.82, 2.24) is 24.8 Å². The summed E-state index contributed by atoms with van der Waals surface area (Å²) in [6.45, 7) is 1.87. The Morgan fingerprint density at radius 3 is 2.85 bits per heavy atom. The molecule has 34 heavy (non-hydrogen) atoms. The van der Waals surface area contributed by atoms with Gasteiger partial charge >= 0.3 is 0 Å². The largest absolute Gasteiger partial charge is 0.363 e. The quantitative estimate of drug-likeness (QED) is 0.445. The average molecular weight is 464 g/mol. The number of amides is 1. The highest BCUT2D eigenvalue weighted by Gasteiger charge is 2.48. The van der Waals surface area contributed by atoms with E-state index in [9.17, 15) is 9.18 Å². The summed E-state index contributed by atoms with van der Waals surface area (Å²) in [6, 6.07) is 7.94. The van der Waals surface area contributed by atoms with Crippen LogP contribution in [0, 0.1) is 23.6 Å². The van der Waals surface area contributed by atoms with Crippen molar-refractivity contribution in [3.05, 3.63) is 54.6 Å². The van der Waals surface area contributed by atoms with Crippen molar-refractivity contribution in [2.45, 2.75) is 19.0 Å². The fraction of sp³-hybridized carbons (Fsp3) is 0.400. The molecule has 9 heteroatoms. The van der Waals surface area contributed by atoms with Gasteiger partial charge in [0.15, 0.2) is 11.6 Å². The predicted molar refractivity (Wildman–Crippen MR) is 131 cm³/mol. The van der Waals surface area contributed by atoms with Crippen molar-refractivity contribution in [2.75, 3.05) is 38.3 Å². The summed E-state index contributed by atoms with van der Waals surface area (Å²) in [5, 5.41) is 10.2. The molecule has 0 radical (unpaired) electrons. The molecule has 8 nitrogen and oxygen atoms in total. The summed E-state index contributed by atoms with van der Waals surface area (Å²) in [4.78, 5) is 23.1. The van der Waals surface area contributed by atoms with Crippen LogP contribution in [-0.4, -0.2) is 59.1 Å². The molecule has 0 aliphatic heterocycles. The van der Waals surface area contributed by atoms with E-state index in [-0.39, 0.29) is 35.5 Å². The van der Waals surface area contributed by atoms with Crippen LogP contribution in [0.1, 0.15) is 6.42 Å². The summed E-state index contributed by atoms with van der Waals surface area (Å²) in [5.74, 6) is -0.0726. The zero-order chi connectivity index (χ0) is 23.8. The number of nitrogens with zero attached hydrogens (tertiary/aromatic N) is 4. The molecule has 2 heterocycles. The van der Waals surface area contributed by atoms with Crippen molar-refractivity contribution < 1.29 is 9.18 Å². The second kappa shape index (κ2) is 9.06. The molecular weight excluding hydrogens is 433 g/mol. The van der Waals surface area contributed by atoms with Gasteiger partial charge in [-0.25, -0.2) is 9.37 Å². The zero-order valence-corrected chi connectivity index (χ0v) is 19.6. The second-order valence-corrected chi connectivity index (χ2v) is 9.36. The molecule has 2 bridgehead atoms. The molecule has 4 unspecified atom stereocenters. The Labute approximate surface area is 198 Å². The Kier molecular flexibility index (Phi) is 5.95. The summed E-state index contributed by atoms with van der Waals surface area (Å²) >= 11 is 0. The minimum absolute atomic E-state index is 0.0343. The Balaban J connectivity index is 1.33. The van der Waals surface area contributed by atoms with Crippen molar-refractivity contribution in [3.63, 3.8) is 0 Å². The Morgan fingerprint density at radius 1 is 1.24 bits per heavy atom. The number of anilines is 3. The molecule has 2 aliphatic rings. The van der Waals surface area contributed by atoms with Gasteiger partial charge in [0, 0.05) is 49.0 Å². The average Bonchev–Trinajstić information content (AvgIpc) is 3.54. The van der Waals surface area contributed by atoms with Crippen LogP contribution in [-0.2, 0) is 11.3 Å². The first kappa shape index (κ1) is 22.3. The number of fused-ring (bicyclic) bond motifs is 3. The van der Waals surface area contributed by atoms with Gasteiger partial charge in [0.2, 0.25) is 11.9 Å². The minimum Gasteiger partial charge on any atom is -0.363 e. The maximum atomic E-state index is 14.6. The predicted octanol–water partition coefficient (Wildman–Crippen LogP) is 3.22. The fourth-order valence-corrected chi connectivity index (χ4v) is 5.14. The summed E-state index contributed by atoms with van der Waals surface area (Å²) < 4.78 is 16.8. The van der Waals surface area contributed by atoms with Crippen molar-refractivity contribution in [1.29, 1.82) is 0 Å². The van der Waals surface area contributed by atoms with E-state index in [1.54, 1.807) is 7.05 Å². The number of halogens is 1. The fourth-order valence-electron chi connectivity index (χ4n) is 5.14. The molecule has 3 N–H and O–H groups in total. The first-order valence-corrected chi connectivity index (χ1v) is 11.6. The topological polar surface area (TPSA) is 87.1 Å². The van der Waals surface area contributed by atoms with Gasteiger partial charge in [-0.1, -0.05) is 12.2 Å². The zero-order valence-electron chi connectivity index (χ0n) is 19.6. The van der Waals surface area contributed by atoms with Crippen molar-refractivity contribution in [2.24, 2.45) is 17.8 Å². The normalized spacial score (nSPS) is 23.1. The Hall–Kier alpha value is -3.46. The number of allylic oxidation sites excluding steroid dienone is 1. The van der Waals surface area contributed by atoms with Crippen LogP contribution in [0.15, 0.2) is 48.8 Å².